The number of anilines is 1. The van der Waals surface area contributed by atoms with Crippen LogP contribution in [0.4, 0.5) is 5.69 Å². The van der Waals surface area contributed by atoms with E-state index in [9.17, 15) is 13.2 Å². The molecule has 0 radical (unpaired) electrons. The van der Waals surface area contributed by atoms with Gasteiger partial charge in [0.2, 0.25) is 10.0 Å². The lowest BCUT2D eigenvalue weighted by Gasteiger charge is -2.29. The first-order chi connectivity index (χ1) is 13.6. The highest BCUT2D eigenvalue weighted by atomic mass is 35.5. The van der Waals surface area contributed by atoms with Crippen LogP contribution in [0.3, 0.4) is 0 Å². The molecule has 9 heteroatoms. The molecule has 0 aliphatic carbocycles. The summed E-state index contributed by atoms with van der Waals surface area (Å²) in [6.45, 7) is 5.05. The van der Waals surface area contributed by atoms with Crippen LogP contribution in [0.1, 0.15) is 41.5 Å². The highest BCUT2D eigenvalue weighted by molar-refractivity contribution is 7.89. The first-order valence-corrected chi connectivity index (χ1v) is 11.4. The van der Waals surface area contributed by atoms with Crippen LogP contribution < -0.4 is 11.1 Å². The summed E-state index contributed by atoms with van der Waals surface area (Å²) in [5, 5.41) is 3.19. The third-order valence-corrected chi connectivity index (χ3v) is 8.10. The quantitative estimate of drug-likeness (QED) is 0.701. The Balaban J connectivity index is 1.81. The number of hydrogen-bond donors (Lipinski definition) is 2. The predicted molar refractivity (Wildman–Crippen MR) is 114 cm³/mol. The molecule has 0 atom stereocenters. The summed E-state index contributed by atoms with van der Waals surface area (Å²) in [5.41, 5.74) is 7.75. The van der Waals surface area contributed by atoms with E-state index in [2.05, 4.69) is 12.2 Å². The second-order valence-corrected chi connectivity index (χ2v) is 9.91. The van der Waals surface area contributed by atoms with E-state index < -0.39 is 10.0 Å². The van der Waals surface area contributed by atoms with Crippen molar-refractivity contribution in [2.24, 2.45) is 13.0 Å². The van der Waals surface area contributed by atoms with Crippen molar-refractivity contribution in [3.8, 4) is 0 Å². The maximum absolute atomic E-state index is 13.1. The molecule has 0 bridgehead atoms. The highest BCUT2D eigenvalue weighted by Crippen LogP contribution is 2.27. The van der Waals surface area contributed by atoms with Crippen molar-refractivity contribution in [1.82, 2.24) is 14.2 Å². The molecule has 3 rings (SSSR count). The number of benzene rings is 1. The largest absolute Gasteiger partial charge is 0.398 e. The van der Waals surface area contributed by atoms with Gasteiger partial charge in [0.05, 0.1) is 10.7 Å². The zero-order valence-corrected chi connectivity index (χ0v) is 18.5. The van der Waals surface area contributed by atoms with Gasteiger partial charge in [0, 0.05) is 32.4 Å². The van der Waals surface area contributed by atoms with Crippen LogP contribution in [0.5, 0.6) is 0 Å². The smallest absolute Gasteiger partial charge is 0.268 e. The maximum Gasteiger partial charge on any atom is 0.268 e. The zero-order chi connectivity index (χ0) is 21.3. The lowest BCUT2D eigenvalue weighted by Crippen LogP contribution is -2.38. The first kappa shape index (κ1) is 21.7. The average molecular weight is 439 g/mol. The summed E-state index contributed by atoms with van der Waals surface area (Å²) in [7, 11) is -1.95. The summed E-state index contributed by atoms with van der Waals surface area (Å²) in [6, 6.07) is 6.69. The summed E-state index contributed by atoms with van der Waals surface area (Å²) in [4.78, 5) is 12.9. The van der Waals surface area contributed by atoms with E-state index in [1.165, 1.54) is 10.4 Å². The third-order valence-electron chi connectivity index (χ3n) is 5.63. The Hall–Kier alpha value is -2.03. The topological polar surface area (TPSA) is 97.4 Å². The van der Waals surface area contributed by atoms with E-state index in [1.54, 1.807) is 36.7 Å². The number of rotatable bonds is 5. The van der Waals surface area contributed by atoms with E-state index in [-0.39, 0.29) is 23.0 Å². The number of carbonyl (C=O) groups excluding carboxylic acids is 1. The molecule has 2 heterocycles. The number of aromatic nitrogens is 1. The molecule has 1 aromatic heterocycles. The van der Waals surface area contributed by atoms with Gasteiger partial charge in [0.25, 0.3) is 5.91 Å². The van der Waals surface area contributed by atoms with Crippen LogP contribution in [-0.2, 0) is 23.6 Å². The fourth-order valence-corrected chi connectivity index (χ4v) is 5.45. The Morgan fingerprint density at radius 3 is 2.62 bits per heavy atom. The van der Waals surface area contributed by atoms with Crippen molar-refractivity contribution in [2.75, 3.05) is 18.8 Å². The lowest BCUT2D eigenvalue weighted by molar-refractivity contribution is 0.0942. The summed E-state index contributed by atoms with van der Waals surface area (Å²) < 4.78 is 29.4. The number of nitrogens with two attached hydrogens (primary N) is 1. The molecule has 1 aliphatic rings. The Bertz CT molecular complexity index is 1020. The van der Waals surface area contributed by atoms with E-state index in [1.807, 2.05) is 0 Å². The molecule has 7 nitrogen and oxygen atoms in total. The van der Waals surface area contributed by atoms with Crippen molar-refractivity contribution in [1.29, 1.82) is 0 Å². The van der Waals surface area contributed by atoms with Crippen molar-refractivity contribution < 1.29 is 13.2 Å². The van der Waals surface area contributed by atoms with Crippen LogP contribution in [0.15, 0.2) is 29.2 Å². The average Bonchev–Trinajstić information content (AvgIpc) is 2.99. The molecule has 158 valence electrons. The van der Waals surface area contributed by atoms with Crippen molar-refractivity contribution in [3.05, 3.63) is 46.2 Å². The van der Waals surface area contributed by atoms with Crippen molar-refractivity contribution in [3.63, 3.8) is 0 Å². The van der Waals surface area contributed by atoms with Gasteiger partial charge in [-0.25, -0.2) is 8.42 Å². The van der Waals surface area contributed by atoms with Crippen molar-refractivity contribution >= 4 is 33.2 Å². The molecule has 1 aliphatic heterocycles. The Morgan fingerprint density at radius 2 is 1.97 bits per heavy atom. The van der Waals surface area contributed by atoms with Gasteiger partial charge >= 0.3 is 0 Å². The first-order valence-electron chi connectivity index (χ1n) is 9.60. The molecular formula is C20H27ClN4O3S. The molecule has 2 aromatic rings. The molecule has 1 fully saturated rings. The van der Waals surface area contributed by atoms with Gasteiger partial charge in [0.1, 0.15) is 10.6 Å². The van der Waals surface area contributed by atoms with E-state index in [0.717, 1.165) is 12.8 Å². The normalized spacial score (nSPS) is 16.1. The zero-order valence-electron chi connectivity index (χ0n) is 16.9. The highest BCUT2D eigenvalue weighted by Gasteiger charge is 2.32. The number of piperidine rings is 1. The summed E-state index contributed by atoms with van der Waals surface area (Å²) in [5.74, 6) is 0.154. The van der Waals surface area contributed by atoms with Crippen LogP contribution in [0, 0.1) is 12.8 Å². The third kappa shape index (κ3) is 4.29. The molecule has 0 saturated carbocycles. The minimum atomic E-state index is -3.64. The number of carbonyl (C=O) groups is 1. The number of nitrogen functional groups attached to an aromatic ring is 1. The molecule has 3 N–H and O–H groups in total. The van der Waals surface area contributed by atoms with Gasteiger partial charge < -0.3 is 15.6 Å². The van der Waals surface area contributed by atoms with E-state index in [0.29, 0.717) is 41.0 Å². The van der Waals surface area contributed by atoms with Crippen LogP contribution in [-0.4, -0.2) is 36.3 Å². The molecule has 1 aromatic carbocycles. The second kappa shape index (κ2) is 8.38. The number of hydrogen-bond acceptors (Lipinski definition) is 4. The molecule has 0 unspecified atom stereocenters. The fourth-order valence-electron chi connectivity index (χ4n) is 3.52. The van der Waals surface area contributed by atoms with Gasteiger partial charge in [0.15, 0.2) is 0 Å². The lowest BCUT2D eigenvalue weighted by atomic mass is 10.0. The standard InChI is InChI=1S/C20H27ClN4O3S/c1-13-7-9-25(10-8-13)29(27,28)18-11-17(24(3)14(18)2)20(26)23-12-15-5-4-6-16(22)19(15)21/h4-6,11,13H,7-10,12,22H2,1-3H3,(H,23,26). The fraction of sp³-hybridized carbons (Fsp3) is 0.450. The molecular weight excluding hydrogens is 412 g/mol. The van der Waals surface area contributed by atoms with Gasteiger partial charge in [-0.3, -0.25) is 4.79 Å². The van der Waals surface area contributed by atoms with Gasteiger partial charge in [-0.1, -0.05) is 30.7 Å². The van der Waals surface area contributed by atoms with E-state index >= 15 is 0 Å². The SMILES string of the molecule is Cc1c(S(=O)(=O)N2CCC(C)CC2)cc(C(=O)NCc2cccc(N)c2Cl)n1C. The van der Waals surface area contributed by atoms with Gasteiger partial charge in [-0.15, -0.1) is 0 Å². The Kier molecular flexibility index (Phi) is 6.26. The van der Waals surface area contributed by atoms with Crippen molar-refractivity contribution in [2.45, 2.75) is 38.1 Å². The summed E-state index contributed by atoms with van der Waals surface area (Å²) >= 11 is 6.17. The predicted octanol–water partition coefficient (Wildman–Crippen LogP) is 2.92. The number of amides is 1. The minimum Gasteiger partial charge on any atom is -0.398 e. The van der Waals surface area contributed by atoms with Gasteiger partial charge in [-0.05, 0) is 43.4 Å². The minimum absolute atomic E-state index is 0.182. The summed E-state index contributed by atoms with van der Waals surface area (Å²) in [6.07, 6.45) is 1.69. The number of sulfonamides is 1. The monoisotopic (exact) mass is 438 g/mol. The Labute approximate surface area is 176 Å². The van der Waals surface area contributed by atoms with E-state index in [4.69, 9.17) is 17.3 Å². The van der Waals surface area contributed by atoms with Crippen LogP contribution in [0.25, 0.3) is 0 Å². The van der Waals surface area contributed by atoms with Crippen LogP contribution >= 0.6 is 11.6 Å². The molecule has 29 heavy (non-hydrogen) atoms. The second-order valence-electron chi connectivity index (χ2n) is 7.63. The molecule has 0 spiro atoms. The maximum atomic E-state index is 13.1. The number of halogens is 1. The van der Waals surface area contributed by atoms with Gasteiger partial charge in [-0.2, -0.15) is 4.31 Å². The number of nitrogens with zero attached hydrogens (tertiary/aromatic N) is 2. The molecule has 1 amide bonds. The van der Waals surface area contributed by atoms with Crippen LogP contribution in [0.2, 0.25) is 5.02 Å². The number of nitrogens with one attached hydrogen (secondary N) is 1. The Morgan fingerprint density at radius 1 is 1.31 bits per heavy atom. The molecule has 1 saturated heterocycles.